The molecule has 1 aliphatic heterocycles. The standard InChI is InChI=1S/C6H6BrNO/c7-5-2-1-3-6(9)8-4-5/h1,3-5H,2H2. The topological polar surface area (TPSA) is 29.4 Å². The van der Waals surface area contributed by atoms with Crippen molar-refractivity contribution < 1.29 is 4.79 Å². The third kappa shape index (κ3) is 2.10. The van der Waals surface area contributed by atoms with E-state index in [0.717, 1.165) is 6.42 Å². The average Bonchev–Trinajstić information content (AvgIpc) is 1.97. The molecule has 48 valence electrons. The van der Waals surface area contributed by atoms with Crippen molar-refractivity contribution in [2.45, 2.75) is 11.2 Å². The summed E-state index contributed by atoms with van der Waals surface area (Å²) in [6, 6.07) is 0. The first-order valence-electron chi connectivity index (χ1n) is 2.68. The second kappa shape index (κ2) is 2.92. The van der Waals surface area contributed by atoms with E-state index in [-0.39, 0.29) is 10.7 Å². The van der Waals surface area contributed by atoms with Crippen molar-refractivity contribution in [3.05, 3.63) is 12.2 Å². The molecule has 3 heteroatoms. The minimum absolute atomic E-state index is 0.169. The molecule has 0 radical (unpaired) electrons. The van der Waals surface area contributed by atoms with Gasteiger partial charge in [0.05, 0.1) is 4.83 Å². The summed E-state index contributed by atoms with van der Waals surface area (Å²) in [6.07, 6.45) is 5.75. The van der Waals surface area contributed by atoms with Gasteiger partial charge in [0.2, 0.25) is 0 Å². The molecule has 1 amide bonds. The SMILES string of the molecule is O=C1C=CCC(Br)C=N1. The fourth-order valence-electron chi connectivity index (χ4n) is 0.557. The van der Waals surface area contributed by atoms with Crippen LogP contribution in [0, 0.1) is 0 Å². The third-order valence-corrected chi connectivity index (χ3v) is 1.60. The quantitative estimate of drug-likeness (QED) is 0.527. The van der Waals surface area contributed by atoms with E-state index in [1.165, 1.54) is 6.08 Å². The number of amides is 1. The fourth-order valence-corrected chi connectivity index (χ4v) is 0.891. The molecule has 0 aliphatic carbocycles. The van der Waals surface area contributed by atoms with Gasteiger partial charge in [-0.3, -0.25) is 4.79 Å². The number of halogens is 1. The van der Waals surface area contributed by atoms with Gasteiger partial charge in [0.1, 0.15) is 0 Å². The van der Waals surface area contributed by atoms with E-state index in [1.807, 2.05) is 6.08 Å². The molecule has 1 rings (SSSR count). The normalized spacial score (nSPS) is 26.3. The lowest BCUT2D eigenvalue weighted by Gasteiger charge is -1.91. The van der Waals surface area contributed by atoms with Crippen molar-refractivity contribution in [3.8, 4) is 0 Å². The largest absolute Gasteiger partial charge is 0.269 e. The van der Waals surface area contributed by atoms with Crippen LogP contribution in [0.3, 0.4) is 0 Å². The van der Waals surface area contributed by atoms with Crippen LogP contribution in [0.4, 0.5) is 0 Å². The Bertz CT molecular complexity index is 174. The lowest BCUT2D eigenvalue weighted by molar-refractivity contribution is -0.113. The zero-order chi connectivity index (χ0) is 6.69. The molecule has 1 heterocycles. The van der Waals surface area contributed by atoms with Crippen molar-refractivity contribution in [2.75, 3.05) is 0 Å². The van der Waals surface area contributed by atoms with Crippen LogP contribution in [0.1, 0.15) is 6.42 Å². The highest BCUT2D eigenvalue weighted by Gasteiger charge is 2.01. The van der Waals surface area contributed by atoms with E-state index < -0.39 is 0 Å². The molecule has 0 spiro atoms. The second-order valence-electron chi connectivity index (χ2n) is 1.77. The zero-order valence-corrected chi connectivity index (χ0v) is 6.34. The van der Waals surface area contributed by atoms with Crippen LogP contribution >= 0.6 is 15.9 Å². The lowest BCUT2D eigenvalue weighted by atomic mass is 10.3. The number of alkyl halides is 1. The number of nitrogens with zero attached hydrogens (tertiary/aromatic N) is 1. The molecule has 0 bridgehead atoms. The van der Waals surface area contributed by atoms with Gasteiger partial charge < -0.3 is 0 Å². The summed E-state index contributed by atoms with van der Waals surface area (Å²) < 4.78 is 0. The van der Waals surface area contributed by atoms with Crippen molar-refractivity contribution in [2.24, 2.45) is 4.99 Å². The molecule has 0 saturated carbocycles. The van der Waals surface area contributed by atoms with Crippen LogP contribution in [0.25, 0.3) is 0 Å². The Kier molecular flexibility index (Phi) is 2.16. The smallest absolute Gasteiger partial charge is 0.268 e. The van der Waals surface area contributed by atoms with E-state index in [0.29, 0.717) is 0 Å². The molecule has 2 nitrogen and oxygen atoms in total. The maximum absolute atomic E-state index is 10.5. The van der Waals surface area contributed by atoms with E-state index in [9.17, 15) is 4.79 Å². The molecular weight excluding hydrogens is 182 g/mol. The molecule has 0 aromatic heterocycles. The first-order valence-corrected chi connectivity index (χ1v) is 3.59. The summed E-state index contributed by atoms with van der Waals surface area (Å²) in [7, 11) is 0. The molecule has 1 aliphatic rings. The van der Waals surface area contributed by atoms with Gasteiger partial charge in [-0.25, -0.2) is 4.99 Å². The minimum atomic E-state index is -0.169. The van der Waals surface area contributed by atoms with Gasteiger partial charge >= 0.3 is 0 Å². The van der Waals surface area contributed by atoms with Crippen molar-refractivity contribution >= 4 is 28.1 Å². The Morgan fingerprint density at radius 1 is 1.78 bits per heavy atom. The molecule has 0 aromatic rings. The van der Waals surface area contributed by atoms with Crippen molar-refractivity contribution in [1.82, 2.24) is 0 Å². The van der Waals surface area contributed by atoms with Crippen LogP contribution in [0.15, 0.2) is 17.1 Å². The average molecular weight is 188 g/mol. The minimum Gasteiger partial charge on any atom is -0.268 e. The van der Waals surface area contributed by atoms with Crippen LogP contribution < -0.4 is 0 Å². The van der Waals surface area contributed by atoms with Gasteiger partial charge in [-0.05, 0) is 6.42 Å². The number of carbonyl (C=O) groups is 1. The van der Waals surface area contributed by atoms with Gasteiger partial charge in [-0.1, -0.05) is 22.0 Å². The van der Waals surface area contributed by atoms with Gasteiger partial charge in [-0.2, -0.15) is 0 Å². The van der Waals surface area contributed by atoms with E-state index in [4.69, 9.17) is 0 Å². The Hall–Kier alpha value is -0.440. The van der Waals surface area contributed by atoms with Crippen LogP contribution in [0.2, 0.25) is 0 Å². The summed E-state index contributed by atoms with van der Waals surface area (Å²) in [4.78, 5) is 14.4. The molecule has 1 unspecified atom stereocenters. The fraction of sp³-hybridized carbons (Fsp3) is 0.333. The Morgan fingerprint density at radius 3 is 3.33 bits per heavy atom. The highest BCUT2D eigenvalue weighted by molar-refractivity contribution is 9.09. The molecule has 0 fully saturated rings. The van der Waals surface area contributed by atoms with Gasteiger partial charge in [-0.15, -0.1) is 0 Å². The number of hydrogen-bond acceptors (Lipinski definition) is 1. The van der Waals surface area contributed by atoms with Crippen LogP contribution in [0.5, 0.6) is 0 Å². The second-order valence-corrected chi connectivity index (χ2v) is 2.95. The van der Waals surface area contributed by atoms with E-state index in [1.54, 1.807) is 6.21 Å². The first-order chi connectivity index (χ1) is 4.29. The Balaban J connectivity index is 2.69. The molecule has 9 heavy (non-hydrogen) atoms. The predicted molar refractivity (Wildman–Crippen MR) is 40.0 cm³/mol. The van der Waals surface area contributed by atoms with E-state index in [2.05, 4.69) is 20.9 Å². The summed E-state index contributed by atoms with van der Waals surface area (Å²) in [6.45, 7) is 0. The highest BCUT2D eigenvalue weighted by atomic mass is 79.9. The van der Waals surface area contributed by atoms with Crippen LogP contribution in [-0.2, 0) is 4.79 Å². The lowest BCUT2D eigenvalue weighted by Crippen LogP contribution is -1.95. The molecular formula is C6H6BrNO. The van der Waals surface area contributed by atoms with Gasteiger partial charge in [0.15, 0.2) is 0 Å². The monoisotopic (exact) mass is 187 g/mol. The van der Waals surface area contributed by atoms with E-state index >= 15 is 0 Å². The first kappa shape index (κ1) is 6.68. The van der Waals surface area contributed by atoms with Crippen molar-refractivity contribution in [1.29, 1.82) is 0 Å². The number of carbonyl (C=O) groups excluding carboxylic acids is 1. The summed E-state index contributed by atoms with van der Waals surface area (Å²) in [5.41, 5.74) is 0. The Labute approximate surface area is 61.8 Å². The number of allylic oxidation sites excluding steroid dienone is 1. The molecule has 1 atom stereocenters. The summed E-state index contributed by atoms with van der Waals surface area (Å²) in [5, 5.41) is 0. The maximum atomic E-state index is 10.5. The Morgan fingerprint density at radius 2 is 2.56 bits per heavy atom. The number of rotatable bonds is 0. The highest BCUT2D eigenvalue weighted by Crippen LogP contribution is 2.05. The van der Waals surface area contributed by atoms with Gasteiger partial charge in [0, 0.05) is 12.3 Å². The predicted octanol–water partition coefficient (Wildman–Crippen LogP) is 1.31. The summed E-state index contributed by atoms with van der Waals surface area (Å²) in [5.74, 6) is -0.169. The number of aliphatic imine (C=N–C) groups is 1. The van der Waals surface area contributed by atoms with Gasteiger partial charge in [0.25, 0.3) is 5.91 Å². The zero-order valence-electron chi connectivity index (χ0n) is 4.75. The molecule has 0 saturated heterocycles. The van der Waals surface area contributed by atoms with Crippen LogP contribution in [-0.4, -0.2) is 16.9 Å². The molecule has 0 N–H and O–H groups in total. The molecule has 0 aromatic carbocycles. The van der Waals surface area contributed by atoms with Crippen molar-refractivity contribution in [3.63, 3.8) is 0 Å². The third-order valence-electron chi connectivity index (χ3n) is 0.985. The summed E-state index contributed by atoms with van der Waals surface area (Å²) >= 11 is 3.31. The number of hydrogen-bond donors (Lipinski definition) is 0. The maximum Gasteiger partial charge on any atom is 0.269 e.